The van der Waals surface area contributed by atoms with E-state index in [1.54, 1.807) is 6.20 Å². The minimum Gasteiger partial charge on any atom is -0.491 e. The maximum Gasteiger partial charge on any atom is 0.319 e. The Labute approximate surface area is 297 Å². The number of ether oxygens (including phenoxy) is 1. The Bertz CT molecular complexity index is 1550. The molecule has 1 aromatic heterocycles. The molecule has 0 atom stereocenters. The fourth-order valence-electron chi connectivity index (χ4n) is 5.02. The number of nitrogens with two attached hydrogens (primary N) is 2. The van der Waals surface area contributed by atoms with Crippen molar-refractivity contribution in [1.82, 2.24) is 30.8 Å². The SMILES string of the molecule is CC(C)(C)NC(=O)Nc1ccccc1OCCCN1CCNCC1.CC(C)(C)c1ncc(-c2ccc(CNCCCN=C(N)N)cc2)c(=O)[nH]1. The van der Waals surface area contributed by atoms with Gasteiger partial charge in [-0.2, -0.15) is 0 Å². The second-order valence-electron chi connectivity index (χ2n) is 14.4. The molecule has 0 aliphatic carbocycles. The molecule has 9 N–H and O–H groups in total. The molecule has 1 aliphatic rings. The van der Waals surface area contributed by atoms with E-state index < -0.39 is 0 Å². The van der Waals surface area contributed by atoms with Crippen molar-refractivity contribution < 1.29 is 9.53 Å². The summed E-state index contributed by atoms with van der Waals surface area (Å²) >= 11 is 0. The summed E-state index contributed by atoms with van der Waals surface area (Å²) in [5, 5.41) is 12.4. The molecule has 13 heteroatoms. The van der Waals surface area contributed by atoms with Gasteiger partial charge in [-0.3, -0.25) is 9.79 Å². The van der Waals surface area contributed by atoms with Gasteiger partial charge < -0.3 is 47.4 Å². The van der Waals surface area contributed by atoms with Gasteiger partial charge in [-0.05, 0) is 63.4 Å². The highest BCUT2D eigenvalue weighted by Gasteiger charge is 2.18. The molecule has 0 radical (unpaired) electrons. The first-order chi connectivity index (χ1) is 23.7. The molecule has 0 bridgehead atoms. The van der Waals surface area contributed by atoms with Gasteiger partial charge in [0.1, 0.15) is 11.6 Å². The summed E-state index contributed by atoms with van der Waals surface area (Å²) < 4.78 is 5.87. The van der Waals surface area contributed by atoms with Crippen LogP contribution in [0.1, 0.15) is 65.8 Å². The number of anilines is 1. The molecule has 274 valence electrons. The van der Waals surface area contributed by atoms with Crippen LogP contribution in [0.2, 0.25) is 0 Å². The van der Waals surface area contributed by atoms with Gasteiger partial charge in [0.05, 0.1) is 17.9 Å². The van der Waals surface area contributed by atoms with Crippen LogP contribution in [0.25, 0.3) is 11.1 Å². The van der Waals surface area contributed by atoms with Crippen LogP contribution in [-0.2, 0) is 12.0 Å². The summed E-state index contributed by atoms with van der Waals surface area (Å²) in [4.78, 5) is 38.1. The van der Waals surface area contributed by atoms with Gasteiger partial charge >= 0.3 is 6.03 Å². The van der Waals surface area contributed by atoms with Crippen LogP contribution in [0.3, 0.4) is 0 Å². The quantitative estimate of drug-likeness (QED) is 0.0796. The second kappa shape index (κ2) is 19.7. The highest BCUT2D eigenvalue weighted by Crippen LogP contribution is 2.24. The lowest BCUT2D eigenvalue weighted by Gasteiger charge is -2.27. The molecule has 1 saturated heterocycles. The number of guanidine groups is 1. The van der Waals surface area contributed by atoms with E-state index in [0.29, 0.717) is 36.0 Å². The van der Waals surface area contributed by atoms with E-state index >= 15 is 0 Å². The van der Waals surface area contributed by atoms with Crippen molar-refractivity contribution in [2.75, 3.05) is 57.7 Å². The van der Waals surface area contributed by atoms with E-state index in [9.17, 15) is 9.59 Å². The number of carbonyl (C=O) groups is 1. The van der Waals surface area contributed by atoms with Crippen LogP contribution >= 0.6 is 0 Å². The summed E-state index contributed by atoms with van der Waals surface area (Å²) in [7, 11) is 0. The van der Waals surface area contributed by atoms with Crippen molar-refractivity contribution >= 4 is 17.7 Å². The number of nitrogens with one attached hydrogen (secondary N) is 5. The molecular formula is C37H58N10O3. The summed E-state index contributed by atoms with van der Waals surface area (Å²) in [6, 6.07) is 15.2. The number of nitrogens with zero attached hydrogens (tertiary/aromatic N) is 3. The molecule has 4 rings (SSSR count). The Kier molecular flexibility index (Phi) is 15.7. The van der Waals surface area contributed by atoms with Crippen LogP contribution in [0.4, 0.5) is 10.5 Å². The molecule has 0 spiro atoms. The highest BCUT2D eigenvalue weighted by molar-refractivity contribution is 5.91. The highest BCUT2D eigenvalue weighted by atomic mass is 16.5. The minimum absolute atomic E-state index is 0.115. The van der Waals surface area contributed by atoms with Gasteiger partial charge in [0.2, 0.25) is 0 Å². The Morgan fingerprint density at radius 2 is 1.70 bits per heavy atom. The van der Waals surface area contributed by atoms with Crippen LogP contribution in [0.5, 0.6) is 5.75 Å². The number of benzene rings is 2. The maximum atomic E-state index is 12.4. The number of urea groups is 1. The number of aliphatic imine (C=N–C) groups is 1. The molecular weight excluding hydrogens is 632 g/mol. The molecule has 2 amide bonds. The van der Waals surface area contributed by atoms with Gasteiger partial charge in [0.15, 0.2) is 5.96 Å². The number of amides is 2. The van der Waals surface area contributed by atoms with Crippen molar-refractivity contribution in [3.8, 4) is 16.9 Å². The lowest BCUT2D eigenvalue weighted by Crippen LogP contribution is -2.44. The van der Waals surface area contributed by atoms with Gasteiger partial charge in [-0.25, -0.2) is 9.78 Å². The van der Waals surface area contributed by atoms with E-state index in [0.717, 1.165) is 69.8 Å². The number of hydrogen-bond donors (Lipinski definition) is 7. The number of rotatable bonds is 13. The third-order valence-corrected chi connectivity index (χ3v) is 7.62. The van der Waals surface area contributed by atoms with E-state index in [1.807, 2.05) is 90.1 Å². The Morgan fingerprint density at radius 1 is 1.00 bits per heavy atom. The van der Waals surface area contributed by atoms with Crippen LogP contribution in [0, 0.1) is 0 Å². The Balaban J connectivity index is 0.000000271. The monoisotopic (exact) mass is 690 g/mol. The number of aromatic amines is 1. The van der Waals surface area contributed by atoms with E-state index in [-0.39, 0.29) is 28.5 Å². The first kappa shape index (κ1) is 40.0. The number of carbonyl (C=O) groups excluding carboxylic acids is 1. The first-order valence-electron chi connectivity index (χ1n) is 17.4. The topological polar surface area (TPSA) is 188 Å². The molecule has 3 aromatic rings. The smallest absolute Gasteiger partial charge is 0.319 e. The summed E-state index contributed by atoms with van der Waals surface area (Å²) in [5.41, 5.74) is 13.3. The number of H-pyrrole nitrogens is 1. The third kappa shape index (κ3) is 15.0. The van der Waals surface area contributed by atoms with Crippen molar-refractivity contribution in [3.63, 3.8) is 0 Å². The van der Waals surface area contributed by atoms with Crippen molar-refractivity contribution in [2.45, 2.75) is 71.9 Å². The summed E-state index contributed by atoms with van der Waals surface area (Å²) in [6.07, 6.45) is 3.50. The van der Waals surface area contributed by atoms with Crippen LogP contribution in [0.15, 0.2) is 64.5 Å². The number of para-hydroxylation sites is 2. The largest absolute Gasteiger partial charge is 0.491 e. The first-order valence-corrected chi connectivity index (χ1v) is 17.4. The van der Waals surface area contributed by atoms with Crippen molar-refractivity contribution in [1.29, 1.82) is 0 Å². The second-order valence-corrected chi connectivity index (χ2v) is 14.4. The Morgan fingerprint density at radius 3 is 2.34 bits per heavy atom. The van der Waals surface area contributed by atoms with Gasteiger partial charge in [0, 0.05) is 63.0 Å². The molecule has 0 saturated carbocycles. The average molecular weight is 691 g/mol. The van der Waals surface area contributed by atoms with Crippen LogP contribution in [-0.4, -0.2) is 84.8 Å². The molecule has 2 heterocycles. The van der Waals surface area contributed by atoms with Gasteiger partial charge in [0.25, 0.3) is 5.56 Å². The molecule has 0 unspecified atom stereocenters. The lowest BCUT2D eigenvalue weighted by molar-refractivity contribution is 0.214. The fourth-order valence-corrected chi connectivity index (χ4v) is 5.02. The zero-order valence-electron chi connectivity index (χ0n) is 30.7. The molecule has 1 fully saturated rings. The van der Waals surface area contributed by atoms with E-state index in [4.69, 9.17) is 16.2 Å². The average Bonchev–Trinajstić information content (AvgIpc) is 3.05. The molecule has 2 aromatic carbocycles. The molecule has 1 aliphatic heterocycles. The zero-order valence-corrected chi connectivity index (χ0v) is 30.7. The summed E-state index contributed by atoms with van der Waals surface area (Å²) in [6.45, 7) is 20.1. The molecule has 13 nitrogen and oxygen atoms in total. The lowest BCUT2D eigenvalue weighted by atomic mass is 9.95. The predicted molar refractivity (Wildman–Crippen MR) is 204 cm³/mol. The minimum atomic E-state index is -0.275. The van der Waals surface area contributed by atoms with Crippen LogP contribution < -0.4 is 43.0 Å². The van der Waals surface area contributed by atoms with E-state index in [1.165, 1.54) is 0 Å². The predicted octanol–water partition coefficient (Wildman–Crippen LogP) is 3.77. The third-order valence-electron chi connectivity index (χ3n) is 7.62. The molecule has 50 heavy (non-hydrogen) atoms. The number of aromatic nitrogens is 2. The van der Waals surface area contributed by atoms with Crippen molar-refractivity contribution in [2.24, 2.45) is 16.5 Å². The van der Waals surface area contributed by atoms with Gasteiger partial charge in [-0.15, -0.1) is 0 Å². The maximum absolute atomic E-state index is 12.4. The van der Waals surface area contributed by atoms with Crippen molar-refractivity contribution in [3.05, 3.63) is 76.5 Å². The Hall–Kier alpha value is -4.46. The summed E-state index contributed by atoms with van der Waals surface area (Å²) in [5.74, 6) is 1.52. The zero-order chi connectivity index (χ0) is 36.6. The normalized spacial score (nSPS) is 13.5. The van der Waals surface area contributed by atoms with Gasteiger partial charge in [-0.1, -0.05) is 57.2 Å². The standard InChI is InChI=1S/C19H28N6O.C18H30N4O2/c1-19(2,3)17-24-12-15(16(26)25-17)14-7-5-13(6-8-14)11-22-9-4-10-23-18(20)21;1-18(2,3)21-17(23)20-15-7-4-5-8-16(15)24-14-6-11-22-12-9-19-10-13-22/h5-8,12,22H,4,9-11H2,1-3H3,(H4,20,21,23)(H,24,25,26);4-5,7-8,19H,6,9-14H2,1-3H3,(H2,20,21,23). The van der Waals surface area contributed by atoms with E-state index in [2.05, 4.69) is 41.1 Å². The number of hydrogen-bond acceptors (Lipinski definition) is 8. The number of piperazine rings is 1. The fraction of sp³-hybridized carbons (Fsp3) is 0.514.